The van der Waals surface area contributed by atoms with Crippen LogP contribution >= 0.6 is 12.2 Å². The molecule has 0 saturated carbocycles. The Bertz CT molecular complexity index is 553. The number of thiocarbonyl (C=S) groups is 1. The molecule has 2 rings (SSSR count). The van der Waals surface area contributed by atoms with E-state index in [0.717, 1.165) is 16.7 Å². The highest BCUT2D eigenvalue weighted by Gasteiger charge is 1.99. The second kappa shape index (κ2) is 5.36. The Morgan fingerprint density at radius 2 is 2.06 bits per heavy atom. The summed E-state index contributed by atoms with van der Waals surface area (Å²) in [4.78, 5) is 8.43. The molecule has 0 aliphatic rings. The van der Waals surface area contributed by atoms with E-state index in [0.29, 0.717) is 11.7 Å². The Hall–Kier alpha value is -2.01. The maximum atomic E-state index is 5.12. The number of hydrogen-bond donors (Lipinski definition) is 2. The van der Waals surface area contributed by atoms with E-state index in [4.69, 9.17) is 12.2 Å². The molecule has 5 heteroatoms. The summed E-state index contributed by atoms with van der Waals surface area (Å²) in [5.74, 6) is 0. The van der Waals surface area contributed by atoms with Gasteiger partial charge in [0.15, 0.2) is 5.11 Å². The molecule has 0 amide bonds. The first kappa shape index (κ1) is 11.5. The van der Waals surface area contributed by atoms with E-state index in [-0.39, 0.29) is 0 Å². The summed E-state index contributed by atoms with van der Waals surface area (Å²) >= 11 is 5.12. The quantitative estimate of drug-likeness (QED) is 0.639. The van der Waals surface area contributed by atoms with Gasteiger partial charge >= 0.3 is 0 Å². The Morgan fingerprint density at radius 1 is 1.29 bits per heavy atom. The Kier molecular flexibility index (Phi) is 3.62. The number of benzene rings is 1. The van der Waals surface area contributed by atoms with Crippen molar-refractivity contribution in [2.75, 3.05) is 11.9 Å². The van der Waals surface area contributed by atoms with Gasteiger partial charge in [0.25, 0.3) is 0 Å². The molecule has 0 unspecified atom stereocenters. The average Bonchev–Trinajstić information content (AvgIpc) is 2.36. The van der Waals surface area contributed by atoms with Gasteiger partial charge in [-0.2, -0.15) is 0 Å². The third kappa shape index (κ3) is 2.98. The van der Waals surface area contributed by atoms with Gasteiger partial charge in [-0.15, -0.1) is 6.58 Å². The lowest BCUT2D eigenvalue weighted by Crippen LogP contribution is -2.28. The van der Waals surface area contributed by atoms with Crippen LogP contribution in [0.25, 0.3) is 11.0 Å². The van der Waals surface area contributed by atoms with Gasteiger partial charge in [-0.25, -0.2) is 0 Å². The van der Waals surface area contributed by atoms with E-state index < -0.39 is 0 Å². The third-order valence-corrected chi connectivity index (χ3v) is 2.38. The maximum Gasteiger partial charge on any atom is 0.171 e. The number of hydrogen-bond acceptors (Lipinski definition) is 3. The minimum atomic E-state index is 0.563. The van der Waals surface area contributed by atoms with Crippen LogP contribution in [0.5, 0.6) is 0 Å². The molecule has 4 nitrogen and oxygen atoms in total. The molecule has 0 atom stereocenters. The van der Waals surface area contributed by atoms with E-state index in [2.05, 4.69) is 27.2 Å². The van der Waals surface area contributed by atoms with Crippen LogP contribution in [0.3, 0.4) is 0 Å². The second-order valence-electron chi connectivity index (χ2n) is 3.38. The molecule has 1 aromatic carbocycles. The SMILES string of the molecule is C=CCNC(=S)Nc1ccc2nccnc2c1. The van der Waals surface area contributed by atoms with Crippen molar-refractivity contribution >= 4 is 34.1 Å². The number of fused-ring (bicyclic) bond motifs is 1. The normalized spacial score (nSPS) is 9.88. The van der Waals surface area contributed by atoms with Crippen LogP contribution in [0.4, 0.5) is 5.69 Å². The molecule has 86 valence electrons. The van der Waals surface area contributed by atoms with Gasteiger partial charge in [0.05, 0.1) is 11.0 Å². The van der Waals surface area contributed by atoms with Crippen LogP contribution in [0.15, 0.2) is 43.2 Å². The van der Waals surface area contributed by atoms with Crippen LogP contribution in [-0.2, 0) is 0 Å². The molecule has 2 aromatic rings. The highest BCUT2D eigenvalue weighted by atomic mass is 32.1. The first-order valence-electron chi connectivity index (χ1n) is 5.16. The van der Waals surface area contributed by atoms with Gasteiger partial charge in [-0.3, -0.25) is 9.97 Å². The van der Waals surface area contributed by atoms with E-state index in [9.17, 15) is 0 Å². The molecule has 0 fully saturated rings. The number of nitrogens with zero attached hydrogens (tertiary/aromatic N) is 2. The average molecular weight is 244 g/mol. The lowest BCUT2D eigenvalue weighted by Gasteiger charge is -2.09. The highest BCUT2D eigenvalue weighted by Crippen LogP contribution is 2.14. The minimum absolute atomic E-state index is 0.563. The first-order valence-corrected chi connectivity index (χ1v) is 5.57. The summed E-state index contributed by atoms with van der Waals surface area (Å²) in [7, 11) is 0. The Morgan fingerprint density at radius 3 is 2.82 bits per heavy atom. The van der Waals surface area contributed by atoms with Crippen molar-refractivity contribution in [2.45, 2.75) is 0 Å². The zero-order valence-corrected chi connectivity index (χ0v) is 10.00. The molecule has 0 saturated heterocycles. The van der Waals surface area contributed by atoms with Crippen LogP contribution in [-0.4, -0.2) is 21.6 Å². The largest absolute Gasteiger partial charge is 0.359 e. The van der Waals surface area contributed by atoms with Crippen LogP contribution in [0.2, 0.25) is 0 Å². The molecule has 0 radical (unpaired) electrons. The fourth-order valence-corrected chi connectivity index (χ4v) is 1.58. The standard InChI is InChI=1S/C12H12N4S/c1-2-5-15-12(17)16-9-3-4-10-11(8-9)14-7-6-13-10/h2-4,6-8H,1,5H2,(H2,15,16,17). The monoisotopic (exact) mass is 244 g/mol. The Labute approximate surface area is 105 Å². The predicted molar refractivity (Wildman–Crippen MR) is 74.0 cm³/mol. The molecule has 2 N–H and O–H groups in total. The van der Waals surface area contributed by atoms with Crippen LogP contribution in [0, 0.1) is 0 Å². The number of rotatable bonds is 3. The summed E-state index contributed by atoms with van der Waals surface area (Å²) in [6.07, 6.45) is 5.09. The summed E-state index contributed by atoms with van der Waals surface area (Å²) in [5.41, 5.74) is 2.59. The van der Waals surface area contributed by atoms with Crippen LogP contribution in [0.1, 0.15) is 0 Å². The fourth-order valence-electron chi connectivity index (χ4n) is 1.38. The number of nitrogens with one attached hydrogen (secondary N) is 2. The second-order valence-corrected chi connectivity index (χ2v) is 3.79. The van der Waals surface area contributed by atoms with Crippen molar-refractivity contribution in [1.82, 2.24) is 15.3 Å². The minimum Gasteiger partial charge on any atom is -0.359 e. The van der Waals surface area contributed by atoms with Gasteiger partial charge in [-0.05, 0) is 30.4 Å². The number of aromatic nitrogens is 2. The molecule has 17 heavy (non-hydrogen) atoms. The van der Waals surface area contributed by atoms with Crippen molar-refractivity contribution in [3.8, 4) is 0 Å². The van der Waals surface area contributed by atoms with E-state index >= 15 is 0 Å². The molecular formula is C12H12N4S. The molecule has 0 aliphatic heterocycles. The molecule has 0 aliphatic carbocycles. The fraction of sp³-hybridized carbons (Fsp3) is 0.0833. The van der Waals surface area contributed by atoms with Crippen molar-refractivity contribution in [3.05, 3.63) is 43.2 Å². The van der Waals surface area contributed by atoms with Crippen molar-refractivity contribution in [3.63, 3.8) is 0 Å². The lowest BCUT2D eigenvalue weighted by molar-refractivity contribution is 1.06. The molecule has 0 spiro atoms. The summed E-state index contributed by atoms with van der Waals surface area (Å²) in [6.45, 7) is 4.25. The summed E-state index contributed by atoms with van der Waals surface area (Å²) < 4.78 is 0. The zero-order valence-electron chi connectivity index (χ0n) is 9.18. The van der Waals surface area contributed by atoms with Gasteiger partial charge in [-0.1, -0.05) is 6.08 Å². The van der Waals surface area contributed by atoms with Gasteiger partial charge in [0.2, 0.25) is 0 Å². The molecule has 1 heterocycles. The van der Waals surface area contributed by atoms with E-state index in [1.807, 2.05) is 18.2 Å². The number of anilines is 1. The summed E-state index contributed by atoms with van der Waals surface area (Å²) in [6, 6.07) is 5.73. The van der Waals surface area contributed by atoms with Crippen LogP contribution < -0.4 is 10.6 Å². The predicted octanol–water partition coefficient (Wildman–Crippen LogP) is 2.10. The van der Waals surface area contributed by atoms with Gasteiger partial charge in [0.1, 0.15) is 0 Å². The van der Waals surface area contributed by atoms with Crippen molar-refractivity contribution in [1.29, 1.82) is 0 Å². The third-order valence-electron chi connectivity index (χ3n) is 2.13. The van der Waals surface area contributed by atoms with E-state index in [1.54, 1.807) is 18.5 Å². The van der Waals surface area contributed by atoms with Crippen molar-refractivity contribution < 1.29 is 0 Å². The highest BCUT2D eigenvalue weighted by molar-refractivity contribution is 7.80. The molecule has 0 bridgehead atoms. The van der Waals surface area contributed by atoms with Gasteiger partial charge < -0.3 is 10.6 Å². The topological polar surface area (TPSA) is 49.8 Å². The summed E-state index contributed by atoms with van der Waals surface area (Å²) in [5, 5.41) is 6.63. The van der Waals surface area contributed by atoms with Crippen molar-refractivity contribution in [2.24, 2.45) is 0 Å². The maximum absolute atomic E-state index is 5.12. The van der Waals surface area contributed by atoms with Gasteiger partial charge in [0, 0.05) is 24.6 Å². The Balaban J connectivity index is 2.13. The molecular weight excluding hydrogens is 232 g/mol. The smallest absolute Gasteiger partial charge is 0.171 e. The zero-order chi connectivity index (χ0) is 12.1. The first-order chi connectivity index (χ1) is 8.29. The molecule has 1 aromatic heterocycles. The van der Waals surface area contributed by atoms with E-state index in [1.165, 1.54) is 0 Å². The lowest BCUT2D eigenvalue weighted by atomic mass is 10.2.